The summed E-state index contributed by atoms with van der Waals surface area (Å²) in [5.74, 6) is -0.291. The Morgan fingerprint density at radius 3 is 2.40 bits per heavy atom. The normalized spacial score (nSPS) is 10.4. The van der Waals surface area contributed by atoms with E-state index in [2.05, 4.69) is 10.5 Å². The number of aromatic nitrogens is 1. The van der Waals surface area contributed by atoms with Crippen molar-refractivity contribution < 1.29 is 14.1 Å². The van der Waals surface area contributed by atoms with Crippen molar-refractivity contribution in [2.45, 2.75) is 13.5 Å². The number of nitrogens with zero attached hydrogens (tertiary/aromatic N) is 1. The molecule has 1 heterocycles. The summed E-state index contributed by atoms with van der Waals surface area (Å²) in [5, 5.41) is 6.85. The SMILES string of the molecule is Cc1onc(-c2ccccc2)c1C(=O)NCc1ccc(C(N)=O)cc1. The van der Waals surface area contributed by atoms with Crippen LogP contribution in [0.1, 0.15) is 32.0 Å². The van der Waals surface area contributed by atoms with Gasteiger partial charge in [0.25, 0.3) is 5.91 Å². The van der Waals surface area contributed by atoms with Crippen molar-refractivity contribution >= 4 is 11.8 Å². The van der Waals surface area contributed by atoms with Crippen molar-refractivity contribution in [3.05, 3.63) is 77.0 Å². The lowest BCUT2D eigenvalue weighted by Crippen LogP contribution is -2.23. The van der Waals surface area contributed by atoms with Gasteiger partial charge >= 0.3 is 0 Å². The van der Waals surface area contributed by atoms with Crippen LogP contribution in [0.5, 0.6) is 0 Å². The molecule has 6 nitrogen and oxygen atoms in total. The van der Waals surface area contributed by atoms with Gasteiger partial charge in [0, 0.05) is 17.7 Å². The number of primary amides is 1. The minimum Gasteiger partial charge on any atom is -0.366 e. The molecule has 126 valence electrons. The Kier molecular flexibility index (Phi) is 4.61. The molecule has 0 fully saturated rings. The zero-order chi connectivity index (χ0) is 17.8. The minimum atomic E-state index is -0.483. The molecule has 0 aliphatic carbocycles. The maximum Gasteiger partial charge on any atom is 0.257 e. The molecule has 0 saturated carbocycles. The van der Waals surface area contributed by atoms with Gasteiger partial charge in [0.15, 0.2) is 0 Å². The lowest BCUT2D eigenvalue weighted by molar-refractivity contribution is 0.0948. The van der Waals surface area contributed by atoms with E-state index < -0.39 is 5.91 Å². The fraction of sp³-hybridized carbons (Fsp3) is 0.105. The fourth-order valence-corrected chi connectivity index (χ4v) is 2.49. The fourth-order valence-electron chi connectivity index (χ4n) is 2.49. The molecule has 0 unspecified atom stereocenters. The predicted octanol–water partition coefficient (Wildman–Crippen LogP) is 2.68. The van der Waals surface area contributed by atoms with Crippen LogP contribution >= 0.6 is 0 Å². The van der Waals surface area contributed by atoms with E-state index >= 15 is 0 Å². The third kappa shape index (κ3) is 3.58. The molecule has 0 bridgehead atoms. The van der Waals surface area contributed by atoms with Crippen LogP contribution in [0.2, 0.25) is 0 Å². The molecule has 3 aromatic rings. The molecule has 0 saturated heterocycles. The number of benzene rings is 2. The molecular weight excluding hydrogens is 318 g/mol. The van der Waals surface area contributed by atoms with Gasteiger partial charge in [0.2, 0.25) is 5.91 Å². The predicted molar refractivity (Wildman–Crippen MR) is 92.8 cm³/mol. The Morgan fingerprint density at radius 1 is 1.08 bits per heavy atom. The molecule has 25 heavy (non-hydrogen) atoms. The van der Waals surface area contributed by atoms with Gasteiger partial charge in [-0.25, -0.2) is 0 Å². The van der Waals surface area contributed by atoms with Gasteiger partial charge in [-0.1, -0.05) is 47.6 Å². The zero-order valence-electron chi connectivity index (χ0n) is 13.7. The summed E-state index contributed by atoms with van der Waals surface area (Å²) >= 11 is 0. The first kappa shape index (κ1) is 16.4. The standard InChI is InChI=1S/C19H17N3O3/c1-12-16(17(22-25-12)14-5-3-2-4-6-14)19(24)21-11-13-7-9-15(10-8-13)18(20)23/h2-10H,11H2,1H3,(H2,20,23)(H,21,24). The first-order chi connectivity index (χ1) is 12.1. The van der Waals surface area contributed by atoms with E-state index in [1.807, 2.05) is 30.3 Å². The highest BCUT2D eigenvalue weighted by Gasteiger charge is 2.21. The second kappa shape index (κ2) is 7.00. The monoisotopic (exact) mass is 335 g/mol. The topological polar surface area (TPSA) is 98.2 Å². The number of amides is 2. The number of hydrogen-bond donors (Lipinski definition) is 2. The summed E-state index contributed by atoms with van der Waals surface area (Å²) in [4.78, 5) is 23.7. The Hall–Kier alpha value is -3.41. The summed E-state index contributed by atoms with van der Waals surface area (Å²) in [7, 11) is 0. The summed E-state index contributed by atoms with van der Waals surface area (Å²) in [6.45, 7) is 2.02. The Balaban J connectivity index is 1.76. The van der Waals surface area contributed by atoms with Gasteiger partial charge in [-0.05, 0) is 24.6 Å². The number of rotatable bonds is 5. The summed E-state index contributed by atoms with van der Waals surface area (Å²) < 4.78 is 5.20. The molecule has 2 amide bonds. The zero-order valence-corrected chi connectivity index (χ0v) is 13.7. The van der Waals surface area contributed by atoms with E-state index in [9.17, 15) is 9.59 Å². The highest BCUT2D eigenvalue weighted by Crippen LogP contribution is 2.24. The van der Waals surface area contributed by atoms with E-state index in [0.717, 1.165) is 11.1 Å². The largest absolute Gasteiger partial charge is 0.366 e. The van der Waals surface area contributed by atoms with Crippen LogP contribution in [-0.2, 0) is 6.54 Å². The molecule has 0 spiro atoms. The number of aryl methyl sites for hydroxylation is 1. The van der Waals surface area contributed by atoms with Crippen molar-refractivity contribution in [1.82, 2.24) is 10.5 Å². The van der Waals surface area contributed by atoms with E-state index in [-0.39, 0.29) is 5.91 Å². The van der Waals surface area contributed by atoms with Crippen molar-refractivity contribution in [3.8, 4) is 11.3 Å². The van der Waals surface area contributed by atoms with Crippen molar-refractivity contribution in [1.29, 1.82) is 0 Å². The van der Waals surface area contributed by atoms with Crippen LogP contribution in [0.4, 0.5) is 0 Å². The lowest BCUT2D eigenvalue weighted by Gasteiger charge is -2.06. The molecule has 0 radical (unpaired) electrons. The second-order valence-electron chi connectivity index (χ2n) is 5.57. The van der Waals surface area contributed by atoms with E-state index in [0.29, 0.717) is 29.1 Å². The van der Waals surface area contributed by atoms with Gasteiger partial charge in [0.05, 0.1) is 0 Å². The first-order valence-electron chi connectivity index (χ1n) is 7.75. The average Bonchev–Trinajstić information content (AvgIpc) is 3.02. The van der Waals surface area contributed by atoms with Gasteiger partial charge in [-0.3, -0.25) is 9.59 Å². The molecule has 0 aliphatic rings. The van der Waals surface area contributed by atoms with Gasteiger partial charge in [-0.2, -0.15) is 0 Å². The Labute approximate surface area is 144 Å². The van der Waals surface area contributed by atoms with E-state index in [1.54, 1.807) is 31.2 Å². The minimum absolute atomic E-state index is 0.267. The molecule has 3 rings (SSSR count). The van der Waals surface area contributed by atoms with Crippen LogP contribution in [0.15, 0.2) is 59.1 Å². The average molecular weight is 335 g/mol. The van der Waals surface area contributed by atoms with Gasteiger partial charge < -0.3 is 15.6 Å². The van der Waals surface area contributed by atoms with E-state index in [1.165, 1.54) is 0 Å². The molecule has 2 aromatic carbocycles. The van der Waals surface area contributed by atoms with Crippen molar-refractivity contribution in [3.63, 3.8) is 0 Å². The number of carbonyl (C=O) groups is 2. The first-order valence-corrected chi connectivity index (χ1v) is 7.75. The molecule has 1 aromatic heterocycles. The van der Waals surface area contributed by atoms with Crippen molar-refractivity contribution in [2.75, 3.05) is 0 Å². The third-order valence-electron chi connectivity index (χ3n) is 3.83. The Morgan fingerprint density at radius 2 is 1.76 bits per heavy atom. The van der Waals surface area contributed by atoms with E-state index in [4.69, 9.17) is 10.3 Å². The van der Waals surface area contributed by atoms with Crippen molar-refractivity contribution in [2.24, 2.45) is 5.73 Å². The second-order valence-corrected chi connectivity index (χ2v) is 5.57. The molecule has 0 atom stereocenters. The quantitative estimate of drug-likeness (QED) is 0.749. The molecule has 0 aliphatic heterocycles. The number of nitrogens with two attached hydrogens (primary N) is 1. The number of carbonyl (C=O) groups excluding carboxylic acids is 2. The highest BCUT2D eigenvalue weighted by atomic mass is 16.5. The van der Waals surface area contributed by atoms with Gasteiger partial charge in [-0.15, -0.1) is 0 Å². The maximum atomic E-state index is 12.6. The van der Waals surface area contributed by atoms with Crippen LogP contribution in [-0.4, -0.2) is 17.0 Å². The summed E-state index contributed by atoms with van der Waals surface area (Å²) in [5.41, 5.74) is 8.24. The van der Waals surface area contributed by atoms with Crippen LogP contribution in [0.3, 0.4) is 0 Å². The molecular formula is C19H17N3O3. The summed E-state index contributed by atoms with van der Waals surface area (Å²) in [6, 6.07) is 16.1. The van der Waals surface area contributed by atoms with Crippen LogP contribution in [0, 0.1) is 6.92 Å². The maximum absolute atomic E-state index is 12.6. The molecule has 6 heteroatoms. The number of nitrogens with one attached hydrogen (secondary N) is 1. The van der Waals surface area contributed by atoms with Crippen LogP contribution in [0.25, 0.3) is 11.3 Å². The Bertz CT molecular complexity index is 899. The third-order valence-corrected chi connectivity index (χ3v) is 3.83. The van der Waals surface area contributed by atoms with Crippen LogP contribution < -0.4 is 11.1 Å². The van der Waals surface area contributed by atoms with Gasteiger partial charge in [0.1, 0.15) is 17.0 Å². The molecule has 3 N–H and O–H groups in total. The lowest BCUT2D eigenvalue weighted by atomic mass is 10.1. The summed E-state index contributed by atoms with van der Waals surface area (Å²) in [6.07, 6.45) is 0. The number of hydrogen-bond acceptors (Lipinski definition) is 4. The highest BCUT2D eigenvalue weighted by molar-refractivity contribution is 6.00. The smallest absolute Gasteiger partial charge is 0.257 e.